The molecule has 7 aromatic rings. The maximum absolute atomic E-state index is 14.2. The highest BCUT2D eigenvalue weighted by atomic mass is 19.4. The summed E-state index contributed by atoms with van der Waals surface area (Å²) in [6.45, 7) is 0.784. The topological polar surface area (TPSA) is 65.5 Å². The van der Waals surface area contributed by atoms with Crippen LogP contribution in [0.2, 0.25) is 0 Å². The fourth-order valence-corrected chi connectivity index (χ4v) is 8.32. The summed E-state index contributed by atoms with van der Waals surface area (Å²) in [6, 6.07) is 8.84. The van der Waals surface area contributed by atoms with Crippen LogP contribution in [0.1, 0.15) is 50.1 Å². The van der Waals surface area contributed by atoms with Crippen LogP contribution in [0.5, 0.6) is 0 Å². The highest BCUT2D eigenvalue weighted by Crippen LogP contribution is 2.41. The van der Waals surface area contributed by atoms with Crippen molar-refractivity contribution in [2.45, 2.75) is 56.0 Å². The third-order valence-corrected chi connectivity index (χ3v) is 11.7. The van der Waals surface area contributed by atoms with Crippen molar-refractivity contribution in [1.29, 1.82) is 0 Å². The van der Waals surface area contributed by atoms with Crippen molar-refractivity contribution in [3.8, 4) is 11.3 Å². The first kappa shape index (κ1) is 60.3. The van der Waals surface area contributed by atoms with Crippen molar-refractivity contribution in [2.75, 3.05) is 0 Å². The molecule has 5 nitrogen and oxygen atoms in total. The quantitative estimate of drug-likeness (QED) is 0.0373. The molecule has 7 rings (SSSR count). The Morgan fingerprint density at radius 1 is 0.405 bits per heavy atom. The summed E-state index contributed by atoms with van der Waals surface area (Å²) in [4.78, 5) is 7.21. The lowest BCUT2D eigenvalue weighted by Gasteiger charge is -2.46. The van der Waals surface area contributed by atoms with E-state index >= 15 is 0 Å². The molecular weight excluding hydrogens is 1130 g/mol. The number of alkyl halides is 24. The minimum Gasteiger partial charge on any atom is -0.244 e. The minimum absolute atomic E-state index is 0.584. The van der Waals surface area contributed by atoms with E-state index in [9.17, 15) is 105 Å². The summed E-state index contributed by atoms with van der Waals surface area (Å²) < 4.78 is 343. The molecule has 0 atom stereocenters. The van der Waals surface area contributed by atoms with Crippen LogP contribution in [0.4, 0.5) is 111 Å². The summed E-state index contributed by atoms with van der Waals surface area (Å²) in [5.74, 6) is 0. The fraction of sp³-hybridized carbons (Fsp3) is 0.184. The van der Waals surface area contributed by atoms with E-state index in [-0.39, 0.29) is 0 Å². The van der Waals surface area contributed by atoms with E-state index in [1.165, 1.54) is 5.56 Å². The van der Waals surface area contributed by atoms with E-state index in [1.54, 1.807) is 12.3 Å². The van der Waals surface area contributed by atoms with Crippen molar-refractivity contribution < 1.29 is 110 Å². The number of aromatic nitrogens is 2. The van der Waals surface area contributed by atoms with Crippen LogP contribution in [0.3, 0.4) is 0 Å². The number of rotatable bonds is 8. The molecule has 0 aliphatic heterocycles. The van der Waals surface area contributed by atoms with Gasteiger partial charge in [-0.1, -0.05) is 102 Å². The highest BCUT2D eigenvalue weighted by molar-refractivity contribution is 7.20. The van der Waals surface area contributed by atoms with Gasteiger partial charge in [0.1, 0.15) is 11.8 Å². The van der Waals surface area contributed by atoms with E-state index in [2.05, 4.69) is 31.7 Å². The van der Waals surface area contributed by atoms with Gasteiger partial charge >= 0.3 is 49.4 Å². The molecule has 0 saturated carbocycles. The van der Waals surface area contributed by atoms with Gasteiger partial charge in [0.2, 0.25) is 0 Å². The maximum atomic E-state index is 14.2. The summed E-state index contributed by atoms with van der Waals surface area (Å²) in [5.41, 5.74) is -18.1. The molecule has 0 amide bonds. The molecule has 418 valence electrons. The number of azide groups is 1. The Morgan fingerprint density at radius 3 is 1.01 bits per heavy atom. The molecule has 0 unspecified atom stereocenters. The largest absolute Gasteiger partial charge is 0.416 e. The number of hydrogen-bond acceptors (Lipinski definition) is 2. The summed E-state index contributed by atoms with van der Waals surface area (Å²) in [5, 5.41) is 3.63. The van der Waals surface area contributed by atoms with Crippen molar-refractivity contribution in [1.82, 2.24) is 4.98 Å². The maximum Gasteiger partial charge on any atom is 0.416 e. The zero-order valence-corrected chi connectivity index (χ0v) is 38.4. The SMILES string of the molecule is FC(F)(F)c1cc([B-](c2cc(C(F)(F)F)cc(C(F)(F)F)c2)(c2cc(C(F)(F)F)cc(C(F)(F)F)c2)c2cc(C(F)(F)F)cc(C(F)(F)F)c2)cc(C(F)(F)F)c1.[N-]=[N+]=Nc1cccc(-c2c[n+](Cc3ccccc3)ccn2)c1. The lowest BCUT2D eigenvalue weighted by Crippen LogP contribution is -2.75. The van der Waals surface area contributed by atoms with Crippen molar-refractivity contribution >= 4 is 33.7 Å². The van der Waals surface area contributed by atoms with Gasteiger partial charge in [0.05, 0.1) is 50.7 Å². The standard InChI is InChI=1S/C32H12BF24.C17H14N5/c34-25(35,36)13-1-14(26(37,38)39)6-21(5-13)33(22-7-15(27(40,41)42)2-16(8-22)28(43,44)45,23-9-17(29(46,47)48)3-18(10-23)30(49,50)51)24-11-19(31(52,53)54)4-20(12-24)32(55,56)57;18-21-20-16-8-4-7-15(11-16)17-13-22(10-9-19-17)12-14-5-2-1-3-6-14/h1-12H;1-11,13H,12H2/q-1;+1. The molecule has 0 spiro atoms. The monoisotopic (exact) mass is 1150 g/mol. The van der Waals surface area contributed by atoms with Crippen LogP contribution in [0.25, 0.3) is 21.7 Å². The van der Waals surface area contributed by atoms with Crippen LogP contribution in [0.15, 0.2) is 151 Å². The molecule has 0 fully saturated rings. The number of nitrogens with zero attached hydrogens (tertiary/aromatic N) is 5. The van der Waals surface area contributed by atoms with Crippen molar-refractivity contribution in [3.63, 3.8) is 0 Å². The highest BCUT2D eigenvalue weighted by Gasteiger charge is 2.47. The summed E-state index contributed by atoms with van der Waals surface area (Å²) in [7, 11) is 0. The second-order valence-corrected chi connectivity index (χ2v) is 17.1. The van der Waals surface area contributed by atoms with E-state index in [4.69, 9.17) is 5.53 Å². The Kier molecular flexibility index (Phi) is 16.3. The van der Waals surface area contributed by atoms with E-state index in [1.807, 2.05) is 48.8 Å². The average molecular weight is 1150 g/mol. The van der Waals surface area contributed by atoms with Crippen LogP contribution in [0, 0.1) is 0 Å². The lowest BCUT2D eigenvalue weighted by molar-refractivity contribution is -0.688. The molecule has 0 bridgehead atoms. The van der Waals surface area contributed by atoms with Crippen molar-refractivity contribution in [2.24, 2.45) is 5.11 Å². The molecular formula is C49H26BF24N5. The smallest absolute Gasteiger partial charge is 0.244 e. The predicted molar refractivity (Wildman–Crippen MR) is 234 cm³/mol. The Balaban J connectivity index is 0.000000378. The van der Waals surface area contributed by atoms with Gasteiger partial charge in [-0.25, -0.2) is 4.98 Å². The predicted octanol–water partition coefficient (Wildman–Crippen LogP) is 15.2. The fourth-order valence-electron chi connectivity index (χ4n) is 8.32. The summed E-state index contributed by atoms with van der Waals surface area (Å²) >= 11 is 0. The van der Waals surface area contributed by atoms with Crippen LogP contribution < -0.4 is 26.4 Å². The first-order valence-electron chi connectivity index (χ1n) is 21.5. The van der Waals surface area contributed by atoms with Gasteiger partial charge in [0.15, 0.2) is 18.9 Å². The molecule has 30 heteroatoms. The molecule has 0 N–H and O–H groups in total. The van der Waals surface area contributed by atoms with Crippen LogP contribution in [-0.4, -0.2) is 11.1 Å². The Hall–Kier alpha value is -7.91. The second kappa shape index (κ2) is 21.4. The number of benzene rings is 6. The van der Waals surface area contributed by atoms with E-state index in [0.717, 1.165) is 17.8 Å². The first-order valence-corrected chi connectivity index (χ1v) is 21.5. The van der Waals surface area contributed by atoms with E-state index < -0.39 is 195 Å². The van der Waals surface area contributed by atoms with Crippen LogP contribution in [-0.2, 0) is 56.0 Å². The molecule has 1 heterocycles. The van der Waals surface area contributed by atoms with Gasteiger partial charge in [-0.15, -0.1) is 0 Å². The third kappa shape index (κ3) is 14.2. The summed E-state index contributed by atoms with van der Waals surface area (Å²) in [6.07, 6.45) is -49.1. The zero-order chi connectivity index (χ0) is 59.1. The number of hydrogen-bond donors (Lipinski definition) is 0. The Morgan fingerprint density at radius 2 is 0.722 bits per heavy atom. The molecule has 0 aliphatic carbocycles. The number of halogens is 24. The van der Waals surface area contributed by atoms with E-state index in [0.29, 0.717) is 5.69 Å². The van der Waals surface area contributed by atoms with Gasteiger partial charge in [0, 0.05) is 21.7 Å². The first-order chi connectivity index (χ1) is 36.1. The van der Waals surface area contributed by atoms with Crippen molar-refractivity contribution in [3.05, 3.63) is 206 Å². The van der Waals surface area contributed by atoms with Gasteiger partial charge in [-0.05, 0) is 35.9 Å². The Bertz CT molecular complexity index is 2950. The minimum atomic E-state index is -6.13. The molecule has 0 radical (unpaired) electrons. The molecule has 6 aromatic carbocycles. The molecule has 79 heavy (non-hydrogen) atoms. The second-order valence-electron chi connectivity index (χ2n) is 17.1. The average Bonchev–Trinajstić information content (AvgIpc) is 3.38. The molecule has 0 saturated heterocycles. The van der Waals surface area contributed by atoms with Crippen LogP contribution >= 0.6 is 0 Å². The van der Waals surface area contributed by atoms with Gasteiger partial charge in [0.25, 0.3) is 0 Å². The van der Waals surface area contributed by atoms with Gasteiger partial charge in [-0.3, -0.25) is 0 Å². The third-order valence-electron chi connectivity index (χ3n) is 11.7. The Labute approximate surface area is 426 Å². The normalized spacial score (nSPS) is 13.1. The zero-order valence-electron chi connectivity index (χ0n) is 38.4. The molecule has 1 aromatic heterocycles. The van der Waals surface area contributed by atoms with Gasteiger partial charge in [-0.2, -0.15) is 132 Å². The van der Waals surface area contributed by atoms with Gasteiger partial charge < -0.3 is 0 Å². The molecule has 0 aliphatic rings. The lowest BCUT2D eigenvalue weighted by atomic mass is 9.12.